The smallest absolute Gasteiger partial charge is 0.251 e. The van der Waals surface area contributed by atoms with E-state index in [1.54, 1.807) is 0 Å². The fraction of sp³-hybridized carbons (Fsp3) is 1.00. The van der Waals surface area contributed by atoms with E-state index in [1.165, 1.54) is 19.8 Å². The van der Waals surface area contributed by atoms with Gasteiger partial charge in [-0.25, -0.2) is 13.2 Å². The normalized spacial score (nSPS) is 13.4. The molecule has 0 aliphatic rings. The van der Waals surface area contributed by atoms with Gasteiger partial charge >= 0.3 is 42.5 Å². The molecule has 0 bridgehead atoms. The molecule has 0 saturated carbocycles. The van der Waals surface area contributed by atoms with Crippen molar-refractivity contribution in [2.24, 2.45) is 5.92 Å². The van der Waals surface area contributed by atoms with Gasteiger partial charge < -0.3 is 0 Å². The Morgan fingerprint density at radius 2 is 0.824 bits per heavy atom. The first-order chi connectivity index (χ1) is 14.7. The van der Waals surface area contributed by atoms with Crippen molar-refractivity contribution in [3.05, 3.63) is 0 Å². The molecule has 0 heterocycles. The maximum absolute atomic E-state index is 12.3. The third-order valence-electron chi connectivity index (χ3n) is 3.20. The molecule has 0 aliphatic carbocycles. The topological polar surface area (TPSA) is 0 Å². The van der Waals surface area contributed by atoms with E-state index in [0.29, 0.717) is 0 Å². The van der Waals surface area contributed by atoms with Gasteiger partial charge in [0.05, 0.1) is 6.67 Å². The van der Waals surface area contributed by atoms with Crippen molar-refractivity contribution in [1.29, 1.82) is 0 Å². The van der Waals surface area contributed by atoms with Crippen LogP contribution < -0.4 is 0 Å². The summed E-state index contributed by atoms with van der Waals surface area (Å²) in [7, 11) is 0. The molecule has 0 rings (SSSR count). The van der Waals surface area contributed by atoms with Crippen molar-refractivity contribution in [3.8, 4) is 0 Å². The summed E-state index contributed by atoms with van der Waals surface area (Å²) in [6, 6.07) is 0. The molecule has 0 fully saturated rings. The molecule has 0 aromatic carbocycles. The van der Waals surface area contributed by atoms with E-state index in [1.807, 2.05) is 0 Å². The summed E-state index contributed by atoms with van der Waals surface area (Å²) < 4.78 is 209. The highest BCUT2D eigenvalue weighted by atomic mass is 19.4. The van der Waals surface area contributed by atoms with Crippen molar-refractivity contribution in [2.75, 3.05) is 13.3 Å². The largest absolute Gasteiger partial charge is 0.400 e. The monoisotopic (exact) mass is 556 g/mol. The Morgan fingerprint density at radius 3 is 0.941 bits per heavy atom. The van der Waals surface area contributed by atoms with Crippen LogP contribution in [0.15, 0.2) is 0 Å². The Bertz CT molecular complexity index is 489. The molecular formula is C16H22F18. The molecule has 0 aromatic heterocycles. The van der Waals surface area contributed by atoms with E-state index in [0.717, 1.165) is 0 Å². The number of hydrogen-bond donors (Lipinski definition) is 0. The lowest BCUT2D eigenvalue weighted by Gasteiger charge is -2.35. The average molecular weight is 556 g/mol. The van der Waals surface area contributed by atoms with E-state index >= 15 is 0 Å². The summed E-state index contributed by atoms with van der Waals surface area (Å²) in [6.45, 7) is 2.24. The molecule has 18 heteroatoms. The van der Waals surface area contributed by atoms with Crippen molar-refractivity contribution in [3.63, 3.8) is 0 Å². The second-order valence-corrected chi connectivity index (χ2v) is 5.98. The predicted molar refractivity (Wildman–Crippen MR) is 85.3 cm³/mol. The minimum absolute atomic E-state index is 0.0833. The molecule has 0 nitrogen and oxygen atoms in total. The lowest BCUT2D eigenvalue weighted by atomic mass is 9.99. The van der Waals surface area contributed by atoms with Crippen molar-refractivity contribution in [1.82, 2.24) is 0 Å². The molecule has 0 N–H and O–H groups in total. The Labute approximate surface area is 182 Å². The van der Waals surface area contributed by atoms with Gasteiger partial charge in [0.1, 0.15) is 5.92 Å². The lowest BCUT2D eigenvalue weighted by molar-refractivity contribution is -0.384. The third kappa shape index (κ3) is 11.9. The Kier molecular flexibility index (Phi) is 17.6. The quantitative estimate of drug-likeness (QED) is 0.286. The van der Waals surface area contributed by atoms with Crippen LogP contribution in [-0.4, -0.2) is 55.8 Å². The second kappa shape index (κ2) is 15.0. The lowest BCUT2D eigenvalue weighted by Crippen LogP contribution is -2.64. The second-order valence-electron chi connectivity index (χ2n) is 5.98. The van der Waals surface area contributed by atoms with Crippen LogP contribution in [0.5, 0.6) is 0 Å². The predicted octanol–water partition coefficient (Wildman–Crippen LogP) is 9.29. The molecule has 0 amide bonds. The molecular weight excluding hydrogens is 534 g/mol. The summed E-state index contributed by atoms with van der Waals surface area (Å²) in [5, 5.41) is 0. The third-order valence-corrected chi connectivity index (χ3v) is 3.20. The summed E-state index contributed by atoms with van der Waals surface area (Å²) in [6.07, 6.45) is -13.0. The molecule has 0 aliphatic heterocycles. The molecule has 0 radical (unpaired) electrons. The number of rotatable bonds is 6. The minimum Gasteiger partial charge on any atom is -0.251 e. The fourth-order valence-corrected chi connectivity index (χ4v) is 0.846. The van der Waals surface area contributed by atoms with Gasteiger partial charge in [0.15, 0.2) is 6.67 Å². The molecule has 34 heavy (non-hydrogen) atoms. The van der Waals surface area contributed by atoms with Crippen LogP contribution in [-0.2, 0) is 0 Å². The standard InChI is InChI=1S/C6H3F11.C4H4F6.C4H10.C2H5F/c7-1-3(10,11)5(14,15)6(16,17)4(12,13)2(8)9;1-2(3(5,6)7)4(8,9)10;1-3-4-2;1-2-3/h2H,1H2;2H,1H3;3-4H2,1-2H3;2H2,1H3. The number of unbranched alkanes of at least 4 members (excludes halogenated alkanes) is 1. The van der Waals surface area contributed by atoms with Crippen LogP contribution in [0, 0.1) is 5.92 Å². The number of alkyl halides is 18. The summed E-state index contributed by atoms with van der Waals surface area (Å²) in [5.74, 6) is -30.2. The highest BCUT2D eigenvalue weighted by Gasteiger charge is 2.82. The van der Waals surface area contributed by atoms with Crippen LogP contribution in [0.2, 0.25) is 0 Å². The maximum Gasteiger partial charge on any atom is 0.400 e. The van der Waals surface area contributed by atoms with Crippen LogP contribution in [0.3, 0.4) is 0 Å². The minimum atomic E-state index is -7.11. The van der Waals surface area contributed by atoms with Gasteiger partial charge in [-0.1, -0.05) is 26.7 Å². The Morgan fingerprint density at radius 1 is 0.559 bits per heavy atom. The van der Waals surface area contributed by atoms with Gasteiger partial charge in [-0.3, -0.25) is 4.39 Å². The van der Waals surface area contributed by atoms with Crippen molar-refractivity contribution < 1.29 is 79.0 Å². The van der Waals surface area contributed by atoms with E-state index in [-0.39, 0.29) is 13.6 Å². The molecule has 0 spiro atoms. The summed E-state index contributed by atoms with van der Waals surface area (Å²) in [4.78, 5) is 0. The molecule has 0 unspecified atom stereocenters. The van der Waals surface area contributed by atoms with Gasteiger partial charge in [0.2, 0.25) is 0 Å². The SMILES string of the molecule is CC(C(F)(F)F)C(F)(F)F.CCCC.CCF.FCC(F)(F)C(F)(F)C(F)(F)C(F)(F)C(F)F. The van der Waals surface area contributed by atoms with Crippen LogP contribution in [0.1, 0.15) is 40.5 Å². The first kappa shape index (κ1) is 39.9. The van der Waals surface area contributed by atoms with Gasteiger partial charge in [-0.05, 0) is 13.8 Å². The van der Waals surface area contributed by atoms with Crippen LogP contribution in [0.4, 0.5) is 79.0 Å². The van der Waals surface area contributed by atoms with Crippen LogP contribution in [0.25, 0.3) is 0 Å². The zero-order chi connectivity index (χ0) is 29.0. The average Bonchev–Trinajstić information content (AvgIpc) is 2.66. The van der Waals surface area contributed by atoms with Gasteiger partial charge in [-0.15, -0.1) is 0 Å². The summed E-state index contributed by atoms with van der Waals surface area (Å²) >= 11 is 0. The highest BCUT2D eigenvalue weighted by molar-refractivity contribution is 5.04. The van der Waals surface area contributed by atoms with Crippen LogP contribution >= 0.6 is 0 Å². The molecule has 0 aromatic rings. The van der Waals surface area contributed by atoms with Gasteiger partial charge in [0, 0.05) is 0 Å². The Hall–Kier alpha value is -1.26. The molecule has 212 valence electrons. The van der Waals surface area contributed by atoms with Gasteiger partial charge in [0.25, 0.3) is 0 Å². The summed E-state index contributed by atoms with van der Waals surface area (Å²) in [5.41, 5.74) is 0. The highest BCUT2D eigenvalue weighted by Crippen LogP contribution is 2.54. The maximum atomic E-state index is 12.3. The van der Waals surface area contributed by atoms with Crippen molar-refractivity contribution >= 4 is 0 Å². The van der Waals surface area contributed by atoms with E-state index in [9.17, 15) is 79.0 Å². The number of hydrogen-bond acceptors (Lipinski definition) is 0. The zero-order valence-corrected chi connectivity index (χ0v) is 17.8. The Balaban J connectivity index is -0.000000222. The first-order valence-electron chi connectivity index (χ1n) is 8.78. The number of halogens is 18. The van der Waals surface area contributed by atoms with Crippen molar-refractivity contribution in [2.45, 2.75) is 83.0 Å². The van der Waals surface area contributed by atoms with E-state index in [2.05, 4.69) is 13.8 Å². The fourth-order valence-electron chi connectivity index (χ4n) is 0.846. The first-order valence-corrected chi connectivity index (χ1v) is 8.78. The molecule has 0 saturated heterocycles. The van der Waals surface area contributed by atoms with Gasteiger partial charge in [-0.2, -0.15) is 61.5 Å². The molecule has 0 atom stereocenters. The van der Waals surface area contributed by atoms with E-state index < -0.39 is 55.1 Å². The zero-order valence-electron chi connectivity index (χ0n) is 17.8. The van der Waals surface area contributed by atoms with E-state index in [4.69, 9.17) is 0 Å².